The fourth-order valence-corrected chi connectivity index (χ4v) is 2.59. The maximum Gasteiger partial charge on any atom is 0.260 e. The van der Waals surface area contributed by atoms with Crippen molar-refractivity contribution < 1.29 is 15.0 Å². The number of rotatable bonds is 5. The van der Waals surface area contributed by atoms with Crippen LogP contribution in [-0.2, 0) is 4.79 Å². The fourth-order valence-electron chi connectivity index (χ4n) is 2.59. The largest absolute Gasteiger partial charge is 0.396 e. The average molecular weight is 278 g/mol. The number of anilines is 2. The van der Waals surface area contributed by atoms with Crippen molar-refractivity contribution in [2.75, 3.05) is 30.0 Å². The average Bonchev–Trinajstić information content (AvgIpc) is 2.64. The lowest BCUT2D eigenvalue weighted by atomic mass is 10.1. The normalized spacial score (nSPS) is 17.8. The zero-order chi connectivity index (χ0) is 14.9. The Morgan fingerprint density at radius 3 is 2.70 bits per heavy atom. The van der Waals surface area contributed by atoms with Gasteiger partial charge in [-0.1, -0.05) is 6.07 Å². The van der Waals surface area contributed by atoms with Crippen molar-refractivity contribution in [1.82, 2.24) is 0 Å². The highest BCUT2D eigenvalue weighted by Gasteiger charge is 2.33. The van der Waals surface area contributed by atoms with Crippen LogP contribution in [0.3, 0.4) is 0 Å². The Balaban J connectivity index is 2.33. The van der Waals surface area contributed by atoms with Crippen LogP contribution in [0.25, 0.3) is 0 Å². The Labute approximate surface area is 119 Å². The first-order valence-electron chi connectivity index (χ1n) is 6.94. The SMILES string of the molecule is CC(C)N(CCCO)c1ccc2c(c1)N(C)C(=O)C2O. The molecule has 110 valence electrons. The molecular formula is C15H22N2O3. The summed E-state index contributed by atoms with van der Waals surface area (Å²) in [6.45, 7) is 5.10. The smallest absolute Gasteiger partial charge is 0.260 e. The summed E-state index contributed by atoms with van der Waals surface area (Å²) >= 11 is 0. The van der Waals surface area contributed by atoms with Gasteiger partial charge in [-0.2, -0.15) is 0 Å². The Morgan fingerprint density at radius 2 is 2.10 bits per heavy atom. The number of amides is 1. The summed E-state index contributed by atoms with van der Waals surface area (Å²) in [6.07, 6.45) is -0.346. The minimum absolute atomic E-state index is 0.158. The van der Waals surface area contributed by atoms with Crippen molar-refractivity contribution in [3.8, 4) is 0 Å². The maximum absolute atomic E-state index is 11.8. The van der Waals surface area contributed by atoms with Gasteiger partial charge in [0, 0.05) is 37.5 Å². The van der Waals surface area contributed by atoms with Crippen molar-refractivity contribution in [2.45, 2.75) is 32.4 Å². The number of fused-ring (bicyclic) bond motifs is 1. The monoisotopic (exact) mass is 278 g/mol. The molecule has 0 saturated heterocycles. The third-order valence-corrected chi connectivity index (χ3v) is 3.75. The van der Waals surface area contributed by atoms with Gasteiger partial charge in [0.1, 0.15) is 0 Å². The highest BCUT2D eigenvalue weighted by Crippen LogP contribution is 2.37. The van der Waals surface area contributed by atoms with Crippen LogP contribution in [0.1, 0.15) is 31.9 Å². The molecule has 1 aliphatic heterocycles. The first-order valence-corrected chi connectivity index (χ1v) is 6.94. The molecule has 0 radical (unpaired) electrons. The second-order valence-electron chi connectivity index (χ2n) is 5.41. The molecule has 0 saturated carbocycles. The molecule has 5 nitrogen and oxygen atoms in total. The molecular weight excluding hydrogens is 256 g/mol. The second kappa shape index (κ2) is 5.81. The molecule has 20 heavy (non-hydrogen) atoms. The van der Waals surface area contributed by atoms with Crippen LogP contribution in [0.5, 0.6) is 0 Å². The number of hydrogen-bond acceptors (Lipinski definition) is 4. The molecule has 2 rings (SSSR count). The first-order chi connectivity index (χ1) is 9.47. The van der Waals surface area contributed by atoms with E-state index < -0.39 is 6.10 Å². The fraction of sp³-hybridized carbons (Fsp3) is 0.533. The minimum Gasteiger partial charge on any atom is -0.396 e. The number of aliphatic hydroxyl groups is 2. The Bertz CT molecular complexity index is 502. The lowest BCUT2D eigenvalue weighted by Crippen LogP contribution is -2.32. The van der Waals surface area contributed by atoms with Gasteiger partial charge in [-0.3, -0.25) is 4.79 Å². The van der Waals surface area contributed by atoms with E-state index >= 15 is 0 Å². The van der Waals surface area contributed by atoms with Gasteiger partial charge in [-0.05, 0) is 32.4 Å². The number of carbonyl (C=O) groups is 1. The Morgan fingerprint density at radius 1 is 1.40 bits per heavy atom. The molecule has 1 amide bonds. The predicted octanol–water partition coefficient (Wildman–Crippen LogP) is 1.29. The summed E-state index contributed by atoms with van der Waals surface area (Å²) in [7, 11) is 1.68. The van der Waals surface area contributed by atoms with Gasteiger partial charge in [0.25, 0.3) is 5.91 Å². The number of aliphatic hydroxyl groups excluding tert-OH is 2. The molecule has 0 fully saturated rings. The molecule has 5 heteroatoms. The van der Waals surface area contributed by atoms with Gasteiger partial charge in [0.2, 0.25) is 0 Å². The van der Waals surface area contributed by atoms with Crippen LogP contribution in [0.4, 0.5) is 11.4 Å². The van der Waals surface area contributed by atoms with E-state index in [1.807, 2.05) is 18.2 Å². The van der Waals surface area contributed by atoms with Gasteiger partial charge >= 0.3 is 0 Å². The Hall–Kier alpha value is -1.59. The summed E-state index contributed by atoms with van der Waals surface area (Å²) in [5, 5.41) is 18.9. The molecule has 1 aromatic rings. The second-order valence-corrected chi connectivity index (χ2v) is 5.41. The van der Waals surface area contributed by atoms with E-state index in [0.717, 1.165) is 17.9 Å². The van der Waals surface area contributed by atoms with Crippen molar-refractivity contribution in [2.24, 2.45) is 0 Å². The van der Waals surface area contributed by atoms with Crippen molar-refractivity contribution >= 4 is 17.3 Å². The van der Waals surface area contributed by atoms with Crippen LogP contribution >= 0.6 is 0 Å². The van der Waals surface area contributed by atoms with Gasteiger partial charge in [0.05, 0.1) is 5.69 Å². The van der Waals surface area contributed by atoms with Gasteiger partial charge in [-0.15, -0.1) is 0 Å². The standard InChI is InChI=1S/C15H22N2O3/c1-10(2)17(7-4-8-18)11-5-6-12-13(9-11)16(3)15(20)14(12)19/h5-6,9-10,14,18-19H,4,7-8H2,1-3H3. The highest BCUT2D eigenvalue weighted by molar-refractivity contribution is 6.03. The topological polar surface area (TPSA) is 64.0 Å². The van der Waals surface area contributed by atoms with Crippen molar-refractivity contribution in [3.05, 3.63) is 23.8 Å². The van der Waals surface area contributed by atoms with Gasteiger partial charge in [-0.25, -0.2) is 0 Å². The van der Waals surface area contributed by atoms with Crippen LogP contribution in [0, 0.1) is 0 Å². The van der Waals surface area contributed by atoms with Gasteiger partial charge < -0.3 is 20.0 Å². The van der Waals surface area contributed by atoms with E-state index in [1.54, 1.807) is 7.05 Å². The molecule has 1 unspecified atom stereocenters. The van der Waals surface area contributed by atoms with Crippen molar-refractivity contribution in [3.63, 3.8) is 0 Å². The van der Waals surface area contributed by atoms with Gasteiger partial charge in [0.15, 0.2) is 6.10 Å². The number of likely N-dealkylation sites (N-methyl/N-ethyl adjacent to an activating group) is 1. The molecule has 1 aromatic carbocycles. The third kappa shape index (κ3) is 2.51. The van der Waals surface area contributed by atoms with E-state index in [4.69, 9.17) is 5.11 Å². The number of nitrogens with zero attached hydrogens (tertiary/aromatic N) is 2. The molecule has 1 heterocycles. The number of hydrogen-bond donors (Lipinski definition) is 2. The summed E-state index contributed by atoms with van der Waals surface area (Å²) in [4.78, 5) is 15.5. The van der Waals surface area contributed by atoms with Crippen LogP contribution in [0.2, 0.25) is 0 Å². The minimum atomic E-state index is -1.05. The molecule has 0 bridgehead atoms. The zero-order valence-electron chi connectivity index (χ0n) is 12.2. The molecule has 0 spiro atoms. The van der Waals surface area contributed by atoms with E-state index in [1.165, 1.54) is 4.90 Å². The summed E-state index contributed by atoms with van der Waals surface area (Å²) in [5.74, 6) is -0.288. The van der Waals surface area contributed by atoms with E-state index in [9.17, 15) is 9.90 Å². The lowest BCUT2D eigenvalue weighted by Gasteiger charge is -2.29. The summed E-state index contributed by atoms with van der Waals surface area (Å²) in [5.41, 5.74) is 2.42. The molecule has 1 aliphatic rings. The first kappa shape index (κ1) is 14.8. The summed E-state index contributed by atoms with van der Waals surface area (Å²) < 4.78 is 0. The number of carbonyl (C=O) groups excluding carboxylic acids is 1. The van der Waals surface area contributed by atoms with E-state index in [-0.39, 0.29) is 12.5 Å². The van der Waals surface area contributed by atoms with Crippen LogP contribution < -0.4 is 9.80 Å². The lowest BCUT2D eigenvalue weighted by molar-refractivity contribution is -0.125. The molecule has 0 aliphatic carbocycles. The molecule has 2 N–H and O–H groups in total. The van der Waals surface area contributed by atoms with Crippen LogP contribution in [-0.4, -0.2) is 42.4 Å². The molecule has 0 aromatic heterocycles. The third-order valence-electron chi connectivity index (χ3n) is 3.75. The summed E-state index contributed by atoms with van der Waals surface area (Å²) in [6, 6.07) is 5.96. The number of benzene rings is 1. The molecule has 1 atom stereocenters. The quantitative estimate of drug-likeness (QED) is 0.852. The van der Waals surface area contributed by atoms with E-state index in [0.29, 0.717) is 18.0 Å². The van der Waals surface area contributed by atoms with E-state index in [2.05, 4.69) is 18.7 Å². The Kier molecular flexibility index (Phi) is 4.30. The van der Waals surface area contributed by atoms with Crippen LogP contribution in [0.15, 0.2) is 18.2 Å². The predicted molar refractivity (Wildman–Crippen MR) is 79.0 cm³/mol. The maximum atomic E-state index is 11.8. The highest BCUT2D eigenvalue weighted by atomic mass is 16.3. The zero-order valence-corrected chi connectivity index (χ0v) is 12.2. The van der Waals surface area contributed by atoms with Crippen molar-refractivity contribution in [1.29, 1.82) is 0 Å².